The number of amides is 3. The Morgan fingerprint density at radius 3 is 2.76 bits per heavy atom. The van der Waals surface area contributed by atoms with E-state index in [-0.39, 0.29) is 30.7 Å². The number of benzene rings is 2. The lowest BCUT2D eigenvalue weighted by Gasteiger charge is -2.32. The number of hydrogen-bond donors (Lipinski definition) is 1. The number of pyridine rings is 1. The summed E-state index contributed by atoms with van der Waals surface area (Å²) in [5.41, 5.74) is 1.34. The maximum absolute atomic E-state index is 14.0. The Kier molecular flexibility index (Phi) is 6.35. The minimum Gasteiger partial charge on any atom is -0.330 e. The molecule has 1 spiro atoms. The zero-order valence-corrected chi connectivity index (χ0v) is 21.4. The van der Waals surface area contributed by atoms with Crippen molar-refractivity contribution in [2.75, 3.05) is 18.9 Å². The van der Waals surface area contributed by atoms with E-state index in [1.54, 1.807) is 25.2 Å². The lowest BCUT2D eigenvalue weighted by atomic mass is 9.80. The number of likely N-dealkylation sites (tertiary alicyclic amines) is 1. The highest BCUT2D eigenvalue weighted by Crippen LogP contribution is 2.47. The molecule has 2 aliphatic rings. The molecule has 1 saturated heterocycles. The molecule has 194 valence electrons. The van der Waals surface area contributed by atoms with Crippen LogP contribution in [0.15, 0.2) is 54.7 Å². The standard InChI is InChI=1S/C29H28FN5O3/c1-17(2)11-24(34(4)26(36)18-9-10-22-19(12-18)13-20(30)15-32-22)27(37)35-16-29(14-25(35)31-3)21-7-5-6-8-23(21)33-28(29)38/h5-10,12-13,15,17,24-25H,11,14,16H2,1-2,4H3,(H,33,38)/t24-,25-,29-/m0/s1. The van der Waals surface area contributed by atoms with Gasteiger partial charge in [-0.3, -0.25) is 29.1 Å². The van der Waals surface area contributed by atoms with E-state index in [0.717, 1.165) is 11.8 Å². The molecule has 38 heavy (non-hydrogen) atoms. The van der Waals surface area contributed by atoms with Crippen molar-refractivity contribution in [1.82, 2.24) is 14.8 Å². The highest BCUT2D eigenvalue weighted by atomic mass is 19.1. The molecule has 1 aromatic heterocycles. The first kappa shape index (κ1) is 25.3. The van der Waals surface area contributed by atoms with Crippen LogP contribution in [0.2, 0.25) is 0 Å². The van der Waals surface area contributed by atoms with Crippen LogP contribution in [0, 0.1) is 18.3 Å². The Balaban J connectivity index is 1.46. The van der Waals surface area contributed by atoms with Crippen LogP contribution in [0.1, 0.15) is 42.6 Å². The summed E-state index contributed by atoms with van der Waals surface area (Å²) in [7, 11) is 1.57. The second kappa shape index (κ2) is 9.53. The van der Waals surface area contributed by atoms with Crippen LogP contribution < -0.4 is 5.32 Å². The van der Waals surface area contributed by atoms with Crippen LogP contribution in [-0.2, 0) is 15.0 Å². The van der Waals surface area contributed by atoms with E-state index in [1.165, 1.54) is 15.9 Å². The number of nitrogens with zero attached hydrogens (tertiary/aromatic N) is 4. The number of carbonyl (C=O) groups is 3. The van der Waals surface area contributed by atoms with Crippen LogP contribution in [0.25, 0.3) is 15.7 Å². The average Bonchev–Trinajstić information content (AvgIpc) is 3.43. The zero-order valence-electron chi connectivity index (χ0n) is 21.4. The van der Waals surface area contributed by atoms with E-state index in [9.17, 15) is 18.8 Å². The molecule has 8 nitrogen and oxygen atoms in total. The third-order valence-corrected chi connectivity index (χ3v) is 7.55. The quantitative estimate of drug-likeness (QED) is 0.518. The van der Waals surface area contributed by atoms with Crippen molar-refractivity contribution < 1.29 is 18.8 Å². The van der Waals surface area contributed by atoms with E-state index in [4.69, 9.17) is 6.57 Å². The Morgan fingerprint density at radius 2 is 2.03 bits per heavy atom. The topological polar surface area (TPSA) is 87.0 Å². The minimum atomic E-state index is -0.998. The first-order valence-corrected chi connectivity index (χ1v) is 12.5. The molecule has 0 radical (unpaired) electrons. The molecule has 0 aliphatic carbocycles. The van der Waals surface area contributed by atoms with Gasteiger partial charge in [0.2, 0.25) is 5.91 Å². The number of anilines is 1. The lowest BCUT2D eigenvalue weighted by Crippen LogP contribution is -2.51. The summed E-state index contributed by atoms with van der Waals surface area (Å²) in [5, 5.41) is 3.38. The minimum absolute atomic E-state index is 0.0687. The second-order valence-electron chi connectivity index (χ2n) is 10.5. The van der Waals surface area contributed by atoms with Crippen molar-refractivity contribution in [2.45, 2.75) is 44.3 Å². The predicted molar refractivity (Wildman–Crippen MR) is 141 cm³/mol. The van der Waals surface area contributed by atoms with Crippen LogP contribution in [0.4, 0.5) is 10.1 Å². The van der Waals surface area contributed by atoms with Crippen molar-refractivity contribution in [3.63, 3.8) is 0 Å². The summed E-state index contributed by atoms with van der Waals surface area (Å²) >= 11 is 0. The van der Waals surface area contributed by atoms with E-state index in [0.29, 0.717) is 28.6 Å². The number of hydrogen-bond acceptors (Lipinski definition) is 4. The summed E-state index contributed by atoms with van der Waals surface area (Å²) in [6, 6.07) is 12.6. The Bertz CT molecular complexity index is 1500. The van der Waals surface area contributed by atoms with E-state index in [2.05, 4.69) is 15.1 Å². The van der Waals surface area contributed by atoms with Gasteiger partial charge in [0.25, 0.3) is 11.8 Å². The molecule has 1 N–H and O–H groups in total. The van der Waals surface area contributed by atoms with Gasteiger partial charge in [-0.1, -0.05) is 32.0 Å². The number of para-hydroxylation sites is 1. The molecule has 2 aliphatic heterocycles. The number of fused-ring (bicyclic) bond motifs is 3. The van der Waals surface area contributed by atoms with E-state index >= 15 is 0 Å². The predicted octanol–water partition coefficient (Wildman–Crippen LogP) is 4.23. The van der Waals surface area contributed by atoms with Crippen LogP contribution in [-0.4, -0.2) is 58.3 Å². The molecule has 9 heteroatoms. The normalized spacial score (nSPS) is 20.9. The highest BCUT2D eigenvalue weighted by Gasteiger charge is 2.59. The Morgan fingerprint density at radius 1 is 1.26 bits per heavy atom. The molecule has 0 unspecified atom stereocenters. The largest absolute Gasteiger partial charge is 0.330 e. The summed E-state index contributed by atoms with van der Waals surface area (Å²) in [5.74, 6) is -1.41. The van der Waals surface area contributed by atoms with Gasteiger partial charge < -0.3 is 10.2 Å². The van der Waals surface area contributed by atoms with Gasteiger partial charge in [0.15, 0.2) is 0 Å². The van der Waals surface area contributed by atoms with E-state index in [1.807, 2.05) is 38.1 Å². The van der Waals surface area contributed by atoms with E-state index < -0.39 is 29.3 Å². The van der Waals surface area contributed by atoms with Crippen molar-refractivity contribution >= 4 is 34.3 Å². The molecule has 3 amide bonds. The van der Waals surface area contributed by atoms with Crippen molar-refractivity contribution in [3.8, 4) is 0 Å². The van der Waals surface area contributed by atoms with Crippen LogP contribution in [0.3, 0.4) is 0 Å². The number of halogens is 1. The molecule has 0 saturated carbocycles. The fourth-order valence-electron chi connectivity index (χ4n) is 5.60. The smallest absolute Gasteiger partial charge is 0.302 e. The van der Waals surface area contributed by atoms with Gasteiger partial charge in [-0.05, 0) is 48.2 Å². The van der Waals surface area contributed by atoms with Crippen LogP contribution >= 0.6 is 0 Å². The molecule has 5 rings (SSSR count). The first-order chi connectivity index (χ1) is 18.1. The van der Waals surface area contributed by atoms with Gasteiger partial charge in [-0.2, -0.15) is 0 Å². The second-order valence-corrected chi connectivity index (χ2v) is 10.5. The summed E-state index contributed by atoms with van der Waals surface area (Å²) < 4.78 is 13.7. The van der Waals surface area contributed by atoms with Gasteiger partial charge >= 0.3 is 6.17 Å². The zero-order chi connectivity index (χ0) is 27.2. The molecular weight excluding hydrogens is 485 g/mol. The number of rotatable bonds is 5. The molecule has 3 aromatic rings. The maximum Gasteiger partial charge on any atom is 0.302 e. The fourth-order valence-corrected chi connectivity index (χ4v) is 5.60. The first-order valence-electron chi connectivity index (χ1n) is 12.5. The lowest BCUT2D eigenvalue weighted by molar-refractivity contribution is -0.136. The van der Waals surface area contributed by atoms with Crippen molar-refractivity contribution in [1.29, 1.82) is 0 Å². The molecule has 3 heterocycles. The van der Waals surface area contributed by atoms with Gasteiger partial charge in [-0.15, -0.1) is 0 Å². The Labute approximate surface area is 220 Å². The number of aromatic nitrogens is 1. The summed E-state index contributed by atoms with van der Waals surface area (Å²) in [4.78, 5) is 51.3. The van der Waals surface area contributed by atoms with Gasteiger partial charge in [0, 0.05) is 30.2 Å². The molecule has 3 atom stereocenters. The van der Waals surface area contributed by atoms with Gasteiger partial charge in [-0.25, -0.2) is 11.0 Å². The van der Waals surface area contributed by atoms with Crippen molar-refractivity contribution in [3.05, 3.63) is 83.1 Å². The Hall–Kier alpha value is -4.32. The number of nitrogens with one attached hydrogen (secondary N) is 1. The third kappa shape index (κ3) is 4.16. The SMILES string of the molecule is [C-]#[N+][C@@H]1C[C@@]2(CN1C(=O)[C@H](CC(C)C)N(C)C(=O)c1ccc3ncc(F)cc3c1)C(=O)Nc1ccccc12. The third-order valence-electron chi connectivity index (χ3n) is 7.55. The molecular formula is C29H28FN5O3. The molecule has 2 aromatic carbocycles. The molecule has 1 fully saturated rings. The average molecular weight is 514 g/mol. The van der Waals surface area contributed by atoms with Gasteiger partial charge in [0.05, 0.1) is 18.1 Å². The number of carbonyl (C=O) groups excluding carboxylic acids is 3. The van der Waals surface area contributed by atoms with Gasteiger partial charge in [0.1, 0.15) is 17.3 Å². The molecule has 0 bridgehead atoms. The van der Waals surface area contributed by atoms with Crippen LogP contribution in [0.5, 0.6) is 0 Å². The fraction of sp³-hybridized carbons (Fsp3) is 0.345. The monoisotopic (exact) mass is 513 g/mol. The summed E-state index contributed by atoms with van der Waals surface area (Å²) in [6.45, 7) is 11.8. The van der Waals surface area contributed by atoms with Crippen molar-refractivity contribution in [2.24, 2.45) is 5.92 Å². The highest BCUT2D eigenvalue weighted by molar-refractivity contribution is 6.07. The number of likely N-dealkylation sites (N-methyl/N-ethyl adjacent to an activating group) is 1. The summed E-state index contributed by atoms with van der Waals surface area (Å²) in [6.07, 6.45) is 0.863. The maximum atomic E-state index is 14.0.